The van der Waals surface area contributed by atoms with Crippen LogP contribution < -0.4 is 5.32 Å². The zero-order chi connectivity index (χ0) is 17.9. The van der Waals surface area contributed by atoms with Crippen molar-refractivity contribution in [3.8, 4) is 0 Å². The Balaban J connectivity index is 1.49. The summed E-state index contributed by atoms with van der Waals surface area (Å²) in [5.74, 6) is -0.231. The maximum absolute atomic E-state index is 12.2. The Kier molecular flexibility index (Phi) is 5.77. The number of nitrogens with one attached hydrogen (secondary N) is 1. The van der Waals surface area contributed by atoms with E-state index >= 15 is 0 Å². The number of amides is 1. The standard InChI is InChI=1S/C20H30N2O3/c1-15-12-22(13-16(2)25-15)14-18-7-5-17(6-8-18)11-21-19(23)20(24)9-3-4-10-20/h5-8,15-16,24H,3-4,9-14H2,1-2H3,(H,21,23). The number of hydrogen-bond donors (Lipinski definition) is 2. The van der Waals surface area contributed by atoms with E-state index in [9.17, 15) is 9.90 Å². The third-order valence-electron chi connectivity index (χ3n) is 5.23. The lowest BCUT2D eigenvalue weighted by Gasteiger charge is -2.35. The molecule has 1 aromatic carbocycles. The van der Waals surface area contributed by atoms with Crippen LogP contribution in [0.5, 0.6) is 0 Å². The fourth-order valence-electron chi connectivity index (χ4n) is 3.97. The zero-order valence-electron chi connectivity index (χ0n) is 15.3. The van der Waals surface area contributed by atoms with Gasteiger partial charge in [0.15, 0.2) is 0 Å². The summed E-state index contributed by atoms with van der Waals surface area (Å²) < 4.78 is 5.78. The highest BCUT2D eigenvalue weighted by Crippen LogP contribution is 2.29. The summed E-state index contributed by atoms with van der Waals surface area (Å²) in [5.41, 5.74) is 1.18. The molecular formula is C20H30N2O3. The molecule has 0 bridgehead atoms. The average molecular weight is 346 g/mol. The van der Waals surface area contributed by atoms with E-state index < -0.39 is 5.60 Å². The van der Waals surface area contributed by atoms with Gasteiger partial charge in [0.1, 0.15) is 5.60 Å². The summed E-state index contributed by atoms with van der Waals surface area (Å²) in [6, 6.07) is 8.36. The summed E-state index contributed by atoms with van der Waals surface area (Å²) in [4.78, 5) is 14.6. The Labute approximate surface area is 150 Å². The topological polar surface area (TPSA) is 61.8 Å². The average Bonchev–Trinajstić information content (AvgIpc) is 3.01. The lowest BCUT2D eigenvalue weighted by Crippen LogP contribution is -2.44. The van der Waals surface area contributed by atoms with E-state index in [0.29, 0.717) is 19.4 Å². The van der Waals surface area contributed by atoms with Crippen molar-refractivity contribution < 1.29 is 14.6 Å². The van der Waals surface area contributed by atoms with Crippen molar-refractivity contribution in [1.82, 2.24) is 10.2 Å². The molecule has 0 aromatic heterocycles. The molecule has 1 saturated heterocycles. The van der Waals surface area contributed by atoms with E-state index in [-0.39, 0.29) is 18.1 Å². The van der Waals surface area contributed by atoms with Gasteiger partial charge >= 0.3 is 0 Å². The van der Waals surface area contributed by atoms with E-state index in [1.165, 1.54) is 5.56 Å². The molecule has 1 aliphatic carbocycles. The van der Waals surface area contributed by atoms with Crippen LogP contribution in [-0.2, 0) is 22.6 Å². The van der Waals surface area contributed by atoms with Gasteiger partial charge in [-0.2, -0.15) is 0 Å². The predicted octanol–water partition coefficient (Wildman–Crippen LogP) is 2.22. The third kappa shape index (κ3) is 4.81. The number of benzene rings is 1. The van der Waals surface area contributed by atoms with Crippen LogP contribution in [0.4, 0.5) is 0 Å². The zero-order valence-corrected chi connectivity index (χ0v) is 15.3. The van der Waals surface area contributed by atoms with Gasteiger partial charge in [-0.25, -0.2) is 0 Å². The molecule has 1 aliphatic heterocycles. The Morgan fingerprint density at radius 1 is 1.16 bits per heavy atom. The highest BCUT2D eigenvalue weighted by molar-refractivity contribution is 5.85. The number of ether oxygens (including phenoxy) is 1. The SMILES string of the molecule is CC1CN(Cc2ccc(CNC(=O)C3(O)CCCC3)cc2)CC(C)O1. The second kappa shape index (κ2) is 7.85. The van der Waals surface area contributed by atoms with Crippen LogP contribution in [0.25, 0.3) is 0 Å². The molecule has 5 nitrogen and oxygen atoms in total. The summed E-state index contributed by atoms with van der Waals surface area (Å²) in [6.45, 7) is 7.54. The van der Waals surface area contributed by atoms with Crippen LogP contribution in [0.3, 0.4) is 0 Å². The molecule has 1 aromatic rings. The van der Waals surface area contributed by atoms with Crippen LogP contribution in [0.2, 0.25) is 0 Å². The van der Waals surface area contributed by atoms with Gasteiger partial charge in [0, 0.05) is 26.2 Å². The van der Waals surface area contributed by atoms with Gasteiger partial charge in [-0.1, -0.05) is 24.3 Å². The summed E-state index contributed by atoms with van der Waals surface area (Å²) in [7, 11) is 0. The largest absolute Gasteiger partial charge is 0.380 e. The molecule has 0 spiro atoms. The molecule has 5 heteroatoms. The Morgan fingerprint density at radius 2 is 1.72 bits per heavy atom. The number of nitrogens with zero attached hydrogens (tertiary/aromatic N) is 1. The van der Waals surface area contributed by atoms with E-state index in [4.69, 9.17) is 4.74 Å². The molecule has 2 N–H and O–H groups in total. The second-order valence-corrected chi connectivity index (χ2v) is 7.69. The maximum atomic E-state index is 12.2. The first kappa shape index (κ1) is 18.4. The highest BCUT2D eigenvalue weighted by Gasteiger charge is 2.38. The van der Waals surface area contributed by atoms with Crippen LogP contribution in [0.15, 0.2) is 24.3 Å². The Morgan fingerprint density at radius 3 is 2.32 bits per heavy atom. The van der Waals surface area contributed by atoms with Crippen LogP contribution in [-0.4, -0.2) is 46.8 Å². The van der Waals surface area contributed by atoms with Gasteiger partial charge < -0.3 is 15.2 Å². The van der Waals surface area contributed by atoms with Gasteiger partial charge in [0.25, 0.3) is 5.91 Å². The molecule has 0 radical (unpaired) electrons. The fraction of sp³-hybridized carbons (Fsp3) is 0.650. The van der Waals surface area contributed by atoms with E-state index in [1.54, 1.807) is 0 Å². The van der Waals surface area contributed by atoms with Crippen molar-refractivity contribution in [3.05, 3.63) is 35.4 Å². The molecule has 1 amide bonds. The normalized spacial score (nSPS) is 26.5. The lowest BCUT2D eigenvalue weighted by atomic mass is 10.0. The quantitative estimate of drug-likeness (QED) is 0.858. The van der Waals surface area contributed by atoms with Crippen molar-refractivity contribution in [1.29, 1.82) is 0 Å². The minimum Gasteiger partial charge on any atom is -0.380 e. The molecular weight excluding hydrogens is 316 g/mol. The van der Waals surface area contributed by atoms with Gasteiger partial charge in [0.05, 0.1) is 12.2 Å². The van der Waals surface area contributed by atoms with Crippen molar-refractivity contribution >= 4 is 5.91 Å². The van der Waals surface area contributed by atoms with Crippen molar-refractivity contribution in [2.45, 2.75) is 70.4 Å². The molecule has 25 heavy (non-hydrogen) atoms. The van der Waals surface area contributed by atoms with Crippen molar-refractivity contribution in [2.75, 3.05) is 13.1 Å². The van der Waals surface area contributed by atoms with E-state index in [1.807, 2.05) is 0 Å². The van der Waals surface area contributed by atoms with Crippen LogP contribution in [0.1, 0.15) is 50.7 Å². The van der Waals surface area contributed by atoms with Crippen LogP contribution >= 0.6 is 0 Å². The Hall–Kier alpha value is -1.43. The number of morpholine rings is 1. The molecule has 138 valence electrons. The lowest BCUT2D eigenvalue weighted by molar-refractivity contribution is -0.139. The summed E-state index contributed by atoms with van der Waals surface area (Å²) >= 11 is 0. The number of carbonyl (C=O) groups is 1. The Bertz CT molecular complexity index is 571. The second-order valence-electron chi connectivity index (χ2n) is 7.69. The van der Waals surface area contributed by atoms with Gasteiger partial charge in [-0.3, -0.25) is 9.69 Å². The first-order valence-corrected chi connectivity index (χ1v) is 9.41. The van der Waals surface area contributed by atoms with Gasteiger partial charge in [-0.05, 0) is 50.7 Å². The molecule has 3 rings (SSSR count). The first-order valence-electron chi connectivity index (χ1n) is 9.41. The number of aliphatic hydroxyl groups is 1. The number of carbonyl (C=O) groups excluding carboxylic acids is 1. The minimum absolute atomic E-state index is 0.231. The van der Waals surface area contributed by atoms with Crippen molar-refractivity contribution in [3.63, 3.8) is 0 Å². The first-order chi connectivity index (χ1) is 11.9. The summed E-state index contributed by atoms with van der Waals surface area (Å²) in [6.07, 6.45) is 3.57. The van der Waals surface area contributed by atoms with Crippen LogP contribution in [0, 0.1) is 0 Å². The van der Waals surface area contributed by atoms with Crippen molar-refractivity contribution in [2.24, 2.45) is 0 Å². The molecule has 1 saturated carbocycles. The molecule has 2 unspecified atom stereocenters. The molecule has 2 aliphatic rings. The van der Waals surface area contributed by atoms with E-state index in [0.717, 1.165) is 38.0 Å². The number of rotatable bonds is 5. The summed E-state index contributed by atoms with van der Waals surface area (Å²) in [5, 5.41) is 13.2. The monoisotopic (exact) mass is 346 g/mol. The van der Waals surface area contributed by atoms with Gasteiger partial charge in [0.2, 0.25) is 0 Å². The highest BCUT2D eigenvalue weighted by atomic mass is 16.5. The minimum atomic E-state index is -1.15. The molecule has 2 fully saturated rings. The smallest absolute Gasteiger partial charge is 0.252 e. The molecule has 2 atom stereocenters. The molecule has 1 heterocycles. The third-order valence-corrected chi connectivity index (χ3v) is 5.23. The van der Waals surface area contributed by atoms with Gasteiger partial charge in [-0.15, -0.1) is 0 Å². The maximum Gasteiger partial charge on any atom is 0.252 e. The number of hydrogen-bond acceptors (Lipinski definition) is 4. The fourth-order valence-corrected chi connectivity index (χ4v) is 3.97. The van der Waals surface area contributed by atoms with E-state index in [2.05, 4.69) is 48.3 Å². The predicted molar refractivity (Wildman–Crippen MR) is 97.0 cm³/mol.